The first-order valence-electron chi connectivity index (χ1n) is 6.37. The molecule has 1 aliphatic heterocycles. The Morgan fingerprint density at radius 1 is 0.850 bits per heavy atom. The standard InChI is InChI=1S/C15H12N2O3/c1-4-10(18-7-1)13-14(11-5-2-8-19-11)17-15(16-13)12-6-3-9-20-12/h1-9,13-14H,(H,16,17). The van der Waals surface area contributed by atoms with Gasteiger partial charge in [-0.1, -0.05) is 0 Å². The van der Waals surface area contributed by atoms with Crippen LogP contribution in [0.4, 0.5) is 0 Å². The lowest BCUT2D eigenvalue weighted by molar-refractivity contribution is 0.381. The molecule has 0 saturated carbocycles. The number of furan rings is 3. The highest BCUT2D eigenvalue weighted by atomic mass is 16.3. The number of hydrogen-bond donors (Lipinski definition) is 1. The van der Waals surface area contributed by atoms with Gasteiger partial charge in [-0.25, -0.2) is 0 Å². The number of nitrogens with zero attached hydrogens (tertiary/aromatic N) is 1. The zero-order valence-corrected chi connectivity index (χ0v) is 10.5. The normalized spacial score (nSPS) is 21.7. The average molecular weight is 268 g/mol. The number of nitrogens with one attached hydrogen (secondary N) is 1. The molecule has 5 nitrogen and oxygen atoms in total. The largest absolute Gasteiger partial charge is 0.467 e. The lowest BCUT2D eigenvalue weighted by atomic mass is 10.1. The summed E-state index contributed by atoms with van der Waals surface area (Å²) in [4.78, 5) is 4.67. The van der Waals surface area contributed by atoms with Crippen molar-refractivity contribution in [3.8, 4) is 0 Å². The summed E-state index contributed by atoms with van der Waals surface area (Å²) in [5.41, 5.74) is 0. The molecule has 4 heterocycles. The molecule has 0 radical (unpaired) electrons. The number of aliphatic imine (C=N–C) groups is 1. The van der Waals surface area contributed by atoms with Crippen molar-refractivity contribution in [1.82, 2.24) is 5.32 Å². The summed E-state index contributed by atoms with van der Waals surface area (Å²) in [6.45, 7) is 0. The van der Waals surface area contributed by atoms with Crippen LogP contribution in [-0.2, 0) is 0 Å². The van der Waals surface area contributed by atoms with Crippen molar-refractivity contribution in [3.63, 3.8) is 0 Å². The molecule has 1 aliphatic rings. The molecule has 3 aromatic rings. The fourth-order valence-corrected chi connectivity index (χ4v) is 2.41. The van der Waals surface area contributed by atoms with Gasteiger partial charge in [0.25, 0.3) is 0 Å². The maximum absolute atomic E-state index is 5.50. The zero-order chi connectivity index (χ0) is 13.4. The van der Waals surface area contributed by atoms with E-state index in [2.05, 4.69) is 10.3 Å². The van der Waals surface area contributed by atoms with E-state index in [1.807, 2.05) is 36.4 Å². The maximum atomic E-state index is 5.50. The predicted molar refractivity (Wildman–Crippen MR) is 71.3 cm³/mol. The third-order valence-electron chi connectivity index (χ3n) is 3.32. The van der Waals surface area contributed by atoms with Gasteiger partial charge >= 0.3 is 0 Å². The molecule has 0 bridgehead atoms. The molecular formula is C15H12N2O3. The van der Waals surface area contributed by atoms with Gasteiger partial charge in [-0.15, -0.1) is 0 Å². The lowest BCUT2D eigenvalue weighted by Gasteiger charge is -2.14. The summed E-state index contributed by atoms with van der Waals surface area (Å²) in [5.74, 6) is 3.02. The zero-order valence-electron chi connectivity index (χ0n) is 10.5. The van der Waals surface area contributed by atoms with Crippen molar-refractivity contribution in [2.75, 3.05) is 0 Å². The van der Waals surface area contributed by atoms with Crippen LogP contribution in [0.5, 0.6) is 0 Å². The first kappa shape index (κ1) is 11.2. The first-order valence-corrected chi connectivity index (χ1v) is 6.37. The van der Waals surface area contributed by atoms with Crippen LogP contribution in [0.2, 0.25) is 0 Å². The van der Waals surface area contributed by atoms with Crippen LogP contribution in [0, 0.1) is 0 Å². The van der Waals surface area contributed by atoms with E-state index in [4.69, 9.17) is 13.3 Å². The quantitative estimate of drug-likeness (QED) is 0.791. The van der Waals surface area contributed by atoms with Crippen LogP contribution < -0.4 is 5.32 Å². The molecule has 2 unspecified atom stereocenters. The van der Waals surface area contributed by atoms with Gasteiger partial charge in [-0.3, -0.25) is 4.99 Å². The highest BCUT2D eigenvalue weighted by Gasteiger charge is 2.36. The van der Waals surface area contributed by atoms with E-state index >= 15 is 0 Å². The summed E-state index contributed by atoms with van der Waals surface area (Å²) in [6, 6.07) is 11.0. The smallest absolute Gasteiger partial charge is 0.168 e. The van der Waals surface area contributed by atoms with Gasteiger partial charge in [0.15, 0.2) is 11.6 Å². The molecule has 4 rings (SSSR count). The first-order chi connectivity index (χ1) is 9.92. The topological polar surface area (TPSA) is 63.8 Å². The lowest BCUT2D eigenvalue weighted by Crippen LogP contribution is -2.24. The minimum absolute atomic E-state index is 0.101. The highest BCUT2D eigenvalue weighted by molar-refractivity contribution is 5.98. The summed E-state index contributed by atoms with van der Waals surface area (Å²) in [7, 11) is 0. The van der Waals surface area contributed by atoms with E-state index < -0.39 is 0 Å². The van der Waals surface area contributed by atoms with Gasteiger partial charge in [-0.2, -0.15) is 0 Å². The van der Waals surface area contributed by atoms with Crippen molar-refractivity contribution in [3.05, 3.63) is 72.5 Å². The Morgan fingerprint density at radius 2 is 1.55 bits per heavy atom. The van der Waals surface area contributed by atoms with Crippen molar-refractivity contribution >= 4 is 5.84 Å². The summed E-state index contributed by atoms with van der Waals surface area (Å²) < 4.78 is 16.4. The fraction of sp³-hybridized carbons (Fsp3) is 0.133. The Kier molecular flexibility index (Phi) is 2.48. The molecule has 0 amide bonds. The van der Waals surface area contributed by atoms with Gasteiger partial charge in [0, 0.05) is 0 Å². The molecular weight excluding hydrogens is 256 g/mol. The Morgan fingerprint density at radius 3 is 2.20 bits per heavy atom. The van der Waals surface area contributed by atoms with Crippen LogP contribution in [0.1, 0.15) is 29.4 Å². The molecule has 0 aliphatic carbocycles. The molecule has 3 aromatic heterocycles. The number of hydrogen-bond acceptors (Lipinski definition) is 5. The van der Waals surface area contributed by atoms with Gasteiger partial charge in [-0.05, 0) is 36.4 Å². The molecule has 20 heavy (non-hydrogen) atoms. The second kappa shape index (κ2) is 4.45. The van der Waals surface area contributed by atoms with Crippen LogP contribution in [0.3, 0.4) is 0 Å². The predicted octanol–water partition coefficient (Wildman–Crippen LogP) is 3.30. The van der Waals surface area contributed by atoms with E-state index in [1.54, 1.807) is 18.8 Å². The Balaban J connectivity index is 1.74. The average Bonchev–Trinajstić information content (AvgIpc) is 3.22. The van der Waals surface area contributed by atoms with Crippen LogP contribution in [0.25, 0.3) is 0 Å². The van der Waals surface area contributed by atoms with Crippen LogP contribution >= 0.6 is 0 Å². The van der Waals surface area contributed by atoms with E-state index in [-0.39, 0.29) is 12.1 Å². The molecule has 0 aromatic carbocycles. The SMILES string of the molecule is c1coc(C2=NC(c3ccco3)C(c3ccco3)N2)c1. The molecule has 0 saturated heterocycles. The van der Waals surface area contributed by atoms with E-state index in [1.165, 1.54) is 0 Å². The van der Waals surface area contributed by atoms with Crippen molar-refractivity contribution in [2.24, 2.45) is 4.99 Å². The summed E-state index contributed by atoms with van der Waals surface area (Å²) in [5, 5.41) is 3.34. The highest BCUT2D eigenvalue weighted by Crippen LogP contribution is 2.37. The monoisotopic (exact) mass is 268 g/mol. The molecule has 0 spiro atoms. The summed E-state index contributed by atoms with van der Waals surface area (Å²) >= 11 is 0. The Bertz CT molecular complexity index is 696. The van der Waals surface area contributed by atoms with Gasteiger partial charge in [0.2, 0.25) is 0 Å². The molecule has 5 heteroatoms. The van der Waals surface area contributed by atoms with Gasteiger partial charge in [0.1, 0.15) is 23.6 Å². The fourth-order valence-electron chi connectivity index (χ4n) is 2.41. The van der Waals surface area contributed by atoms with Crippen LogP contribution in [-0.4, -0.2) is 5.84 Å². The Hall–Kier alpha value is -2.69. The second-order valence-corrected chi connectivity index (χ2v) is 4.55. The third-order valence-corrected chi connectivity index (χ3v) is 3.32. The minimum atomic E-state index is -0.170. The molecule has 2 atom stereocenters. The minimum Gasteiger partial charge on any atom is -0.467 e. The second-order valence-electron chi connectivity index (χ2n) is 4.55. The molecule has 0 fully saturated rings. The number of amidine groups is 1. The summed E-state index contributed by atoms with van der Waals surface area (Å²) in [6.07, 6.45) is 4.93. The molecule has 1 N–H and O–H groups in total. The van der Waals surface area contributed by atoms with Gasteiger partial charge in [0.05, 0.1) is 18.8 Å². The number of rotatable bonds is 3. The third kappa shape index (κ3) is 1.75. The van der Waals surface area contributed by atoms with Crippen molar-refractivity contribution < 1.29 is 13.3 Å². The maximum Gasteiger partial charge on any atom is 0.168 e. The Labute approximate surface area is 114 Å². The van der Waals surface area contributed by atoms with Crippen molar-refractivity contribution in [2.45, 2.75) is 12.1 Å². The van der Waals surface area contributed by atoms with Crippen LogP contribution in [0.15, 0.2) is 73.4 Å². The van der Waals surface area contributed by atoms with Gasteiger partial charge < -0.3 is 18.6 Å². The molecule has 100 valence electrons. The van der Waals surface area contributed by atoms with E-state index in [9.17, 15) is 0 Å². The van der Waals surface area contributed by atoms with E-state index in [0.29, 0.717) is 11.6 Å². The van der Waals surface area contributed by atoms with Crippen molar-refractivity contribution in [1.29, 1.82) is 0 Å². The van der Waals surface area contributed by atoms with E-state index in [0.717, 1.165) is 11.5 Å².